The highest BCUT2D eigenvalue weighted by Gasteiger charge is 2.33. The first-order valence-electron chi connectivity index (χ1n) is 6.76. The first-order valence-corrected chi connectivity index (χ1v) is 6.76. The van der Waals surface area contributed by atoms with Crippen molar-refractivity contribution in [1.82, 2.24) is 4.90 Å². The molecule has 88 valence electrons. The first kappa shape index (κ1) is 11.4. The normalized spacial score (nSPS) is 32.0. The number of likely N-dealkylation sites (tertiary alicyclic amines) is 1. The van der Waals surface area contributed by atoms with Crippen LogP contribution in [-0.2, 0) is 0 Å². The summed E-state index contributed by atoms with van der Waals surface area (Å²) in [5.41, 5.74) is 6.62. The van der Waals surface area contributed by atoms with Gasteiger partial charge in [0.05, 0.1) is 0 Å². The van der Waals surface area contributed by atoms with E-state index in [1.54, 1.807) is 0 Å². The second kappa shape index (κ2) is 4.84. The molecule has 1 saturated heterocycles. The van der Waals surface area contributed by atoms with Crippen molar-refractivity contribution < 1.29 is 0 Å². The van der Waals surface area contributed by atoms with Gasteiger partial charge in [0, 0.05) is 18.1 Å². The third-order valence-corrected chi connectivity index (χ3v) is 4.34. The molecule has 15 heavy (non-hydrogen) atoms. The highest BCUT2D eigenvalue weighted by Crippen LogP contribution is 2.30. The largest absolute Gasteiger partial charge is 0.324 e. The molecule has 2 N–H and O–H groups in total. The summed E-state index contributed by atoms with van der Waals surface area (Å²) in [6, 6.07) is 0.819. The van der Waals surface area contributed by atoms with Crippen LogP contribution in [0.2, 0.25) is 0 Å². The van der Waals surface area contributed by atoms with Crippen molar-refractivity contribution in [3.63, 3.8) is 0 Å². The topological polar surface area (TPSA) is 29.3 Å². The van der Waals surface area contributed by atoms with Crippen LogP contribution in [0.3, 0.4) is 0 Å². The lowest BCUT2D eigenvalue weighted by molar-refractivity contribution is 0.112. The minimum Gasteiger partial charge on any atom is -0.324 e. The van der Waals surface area contributed by atoms with Crippen molar-refractivity contribution in [2.24, 2.45) is 5.73 Å². The molecule has 1 aliphatic heterocycles. The molecular weight excluding hydrogens is 184 g/mol. The van der Waals surface area contributed by atoms with E-state index in [2.05, 4.69) is 11.8 Å². The van der Waals surface area contributed by atoms with Crippen molar-refractivity contribution in [3.8, 4) is 0 Å². The van der Waals surface area contributed by atoms with Crippen LogP contribution in [0.1, 0.15) is 58.3 Å². The smallest absolute Gasteiger partial charge is 0.0283 e. The Morgan fingerprint density at radius 1 is 1.20 bits per heavy atom. The summed E-state index contributed by atoms with van der Waals surface area (Å²) in [6.45, 7) is 4.77. The molecule has 0 aromatic heterocycles. The maximum Gasteiger partial charge on any atom is 0.0283 e. The number of hydrogen-bond donors (Lipinski definition) is 1. The molecule has 0 spiro atoms. The molecule has 2 nitrogen and oxygen atoms in total. The van der Waals surface area contributed by atoms with Gasteiger partial charge in [-0.2, -0.15) is 0 Å². The van der Waals surface area contributed by atoms with Gasteiger partial charge in [-0.15, -0.1) is 0 Å². The minimum absolute atomic E-state index is 0.158. The second-order valence-corrected chi connectivity index (χ2v) is 5.60. The van der Waals surface area contributed by atoms with E-state index in [1.165, 1.54) is 57.9 Å². The van der Waals surface area contributed by atoms with E-state index in [0.29, 0.717) is 0 Å². The molecule has 1 atom stereocenters. The molecule has 0 bridgehead atoms. The molecule has 0 amide bonds. The van der Waals surface area contributed by atoms with Crippen molar-refractivity contribution >= 4 is 0 Å². The average molecular weight is 210 g/mol. The Bertz CT molecular complexity index is 197. The molecule has 0 aromatic carbocycles. The summed E-state index contributed by atoms with van der Waals surface area (Å²) in [7, 11) is 0. The standard InChI is InChI=1S/C13H26N2/c1-2-12-7-3-6-10-15(12)11-13(14)8-4-5-9-13/h12H,2-11,14H2,1H3. The van der Waals surface area contributed by atoms with Gasteiger partial charge in [-0.1, -0.05) is 26.2 Å². The summed E-state index contributed by atoms with van der Waals surface area (Å²) in [6.07, 6.45) is 10.7. The highest BCUT2D eigenvalue weighted by molar-refractivity contribution is 4.94. The monoisotopic (exact) mass is 210 g/mol. The van der Waals surface area contributed by atoms with Crippen LogP contribution < -0.4 is 5.73 Å². The van der Waals surface area contributed by atoms with Crippen molar-refractivity contribution in [2.75, 3.05) is 13.1 Å². The molecule has 1 aliphatic carbocycles. The lowest BCUT2D eigenvalue weighted by Gasteiger charge is -2.40. The summed E-state index contributed by atoms with van der Waals surface area (Å²) in [4.78, 5) is 2.68. The van der Waals surface area contributed by atoms with Gasteiger partial charge in [0.2, 0.25) is 0 Å². The Balaban J connectivity index is 1.90. The number of hydrogen-bond acceptors (Lipinski definition) is 2. The quantitative estimate of drug-likeness (QED) is 0.775. The zero-order chi connectivity index (χ0) is 10.7. The summed E-state index contributed by atoms with van der Waals surface area (Å²) < 4.78 is 0. The van der Waals surface area contributed by atoms with E-state index in [4.69, 9.17) is 5.73 Å². The van der Waals surface area contributed by atoms with Gasteiger partial charge < -0.3 is 5.73 Å². The zero-order valence-corrected chi connectivity index (χ0v) is 10.2. The highest BCUT2D eigenvalue weighted by atomic mass is 15.2. The Kier molecular flexibility index (Phi) is 3.68. The zero-order valence-electron chi connectivity index (χ0n) is 10.2. The van der Waals surface area contributed by atoms with Crippen molar-refractivity contribution in [1.29, 1.82) is 0 Å². The molecule has 2 fully saturated rings. The van der Waals surface area contributed by atoms with Crippen LogP contribution in [0.5, 0.6) is 0 Å². The second-order valence-electron chi connectivity index (χ2n) is 5.60. The number of nitrogens with two attached hydrogens (primary N) is 1. The molecule has 1 heterocycles. The molecule has 1 unspecified atom stereocenters. The van der Waals surface area contributed by atoms with Crippen LogP contribution in [0, 0.1) is 0 Å². The van der Waals surface area contributed by atoms with Gasteiger partial charge in [0.15, 0.2) is 0 Å². The van der Waals surface area contributed by atoms with E-state index in [0.717, 1.165) is 12.6 Å². The van der Waals surface area contributed by atoms with Crippen LogP contribution in [0.4, 0.5) is 0 Å². The Morgan fingerprint density at radius 3 is 2.60 bits per heavy atom. The maximum absolute atomic E-state index is 6.47. The Hall–Kier alpha value is -0.0800. The fraction of sp³-hybridized carbons (Fsp3) is 1.00. The predicted molar refractivity (Wildman–Crippen MR) is 64.9 cm³/mol. The van der Waals surface area contributed by atoms with E-state index in [-0.39, 0.29) is 5.54 Å². The van der Waals surface area contributed by atoms with Crippen LogP contribution in [0.25, 0.3) is 0 Å². The number of nitrogens with zero attached hydrogens (tertiary/aromatic N) is 1. The molecule has 2 rings (SSSR count). The fourth-order valence-corrected chi connectivity index (χ4v) is 3.37. The molecule has 0 radical (unpaired) electrons. The van der Waals surface area contributed by atoms with E-state index >= 15 is 0 Å². The molecule has 0 aromatic rings. The Morgan fingerprint density at radius 2 is 1.93 bits per heavy atom. The van der Waals surface area contributed by atoms with Crippen molar-refractivity contribution in [3.05, 3.63) is 0 Å². The lowest BCUT2D eigenvalue weighted by atomic mass is 9.93. The van der Waals surface area contributed by atoms with Gasteiger partial charge in [-0.3, -0.25) is 4.90 Å². The van der Waals surface area contributed by atoms with E-state index < -0.39 is 0 Å². The first-order chi connectivity index (χ1) is 7.23. The number of piperidine rings is 1. The molecule has 2 heteroatoms. The van der Waals surface area contributed by atoms with E-state index in [9.17, 15) is 0 Å². The van der Waals surface area contributed by atoms with Gasteiger partial charge >= 0.3 is 0 Å². The average Bonchev–Trinajstić information content (AvgIpc) is 2.66. The molecular formula is C13H26N2. The van der Waals surface area contributed by atoms with Crippen molar-refractivity contribution in [2.45, 2.75) is 69.9 Å². The third-order valence-electron chi connectivity index (χ3n) is 4.34. The lowest BCUT2D eigenvalue weighted by Crippen LogP contribution is -2.52. The third kappa shape index (κ3) is 2.73. The van der Waals surface area contributed by atoms with Gasteiger partial charge in [0.1, 0.15) is 0 Å². The van der Waals surface area contributed by atoms with Crippen LogP contribution in [0.15, 0.2) is 0 Å². The number of rotatable bonds is 3. The maximum atomic E-state index is 6.47. The van der Waals surface area contributed by atoms with Crippen LogP contribution in [-0.4, -0.2) is 29.6 Å². The van der Waals surface area contributed by atoms with E-state index in [1.807, 2.05) is 0 Å². The summed E-state index contributed by atoms with van der Waals surface area (Å²) >= 11 is 0. The Labute approximate surface area is 94.2 Å². The van der Waals surface area contributed by atoms with Gasteiger partial charge in [-0.05, 0) is 38.6 Å². The minimum atomic E-state index is 0.158. The SMILES string of the molecule is CCC1CCCCN1CC1(N)CCCC1. The molecule has 1 saturated carbocycles. The van der Waals surface area contributed by atoms with Gasteiger partial charge in [0.25, 0.3) is 0 Å². The summed E-state index contributed by atoms with van der Waals surface area (Å²) in [5.74, 6) is 0. The van der Waals surface area contributed by atoms with Crippen LogP contribution >= 0.6 is 0 Å². The molecule has 2 aliphatic rings. The summed E-state index contributed by atoms with van der Waals surface area (Å²) in [5, 5.41) is 0. The van der Waals surface area contributed by atoms with Gasteiger partial charge in [-0.25, -0.2) is 0 Å². The fourth-order valence-electron chi connectivity index (χ4n) is 3.37. The predicted octanol–water partition coefficient (Wildman–Crippen LogP) is 2.52.